The van der Waals surface area contributed by atoms with Crippen molar-refractivity contribution in [1.82, 2.24) is 19.6 Å². The van der Waals surface area contributed by atoms with Crippen LogP contribution in [0.15, 0.2) is 60.8 Å². The average Bonchev–Trinajstić information content (AvgIpc) is 3.57. The van der Waals surface area contributed by atoms with Gasteiger partial charge in [-0.15, -0.1) is 0 Å². The van der Waals surface area contributed by atoms with Crippen molar-refractivity contribution in [2.45, 2.75) is 57.5 Å². The Hall–Kier alpha value is -3.32. The van der Waals surface area contributed by atoms with E-state index in [1.54, 1.807) is 11.1 Å². The molecule has 1 aromatic heterocycles. The number of ether oxygens (including phenoxy) is 1. The van der Waals surface area contributed by atoms with Crippen LogP contribution in [0.3, 0.4) is 0 Å². The van der Waals surface area contributed by atoms with Crippen LogP contribution in [0.25, 0.3) is 5.69 Å². The van der Waals surface area contributed by atoms with Gasteiger partial charge in [-0.25, -0.2) is 9.48 Å². The zero-order chi connectivity index (χ0) is 26.9. The van der Waals surface area contributed by atoms with Gasteiger partial charge in [0.25, 0.3) is 5.91 Å². The highest BCUT2D eigenvalue weighted by atomic mass is 35.5. The fourth-order valence-corrected chi connectivity index (χ4v) is 5.63. The van der Waals surface area contributed by atoms with Crippen LogP contribution in [0.1, 0.15) is 73.5 Å². The van der Waals surface area contributed by atoms with Crippen molar-refractivity contribution in [3.05, 3.63) is 82.6 Å². The van der Waals surface area contributed by atoms with Gasteiger partial charge in [0.1, 0.15) is 5.60 Å². The molecule has 2 unspecified atom stereocenters. The number of benzene rings is 2. The van der Waals surface area contributed by atoms with E-state index in [1.165, 1.54) is 5.56 Å². The predicted octanol–water partition coefficient (Wildman–Crippen LogP) is 6.27. The lowest BCUT2D eigenvalue weighted by atomic mass is 9.92. The van der Waals surface area contributed by atoms with Crippen LogP contribution in [-0.2, 0) is 4.74 Å². The van der Waals surface area contributed by atoms with Gasteiger partial charge < -0.3 is 14.5 Å². The standard InChI is InChI=1S/C30H35ClN4O3/c1-30(2,3)38-29(37)34-16-7-10-23(20-34)27-26(18-32-35(27)25-13-11-24(31)12-14-25)28(36)33-17-15-22(19-33)21-8-5-4-6-9-21/h4-6,8-9,11-14,18,22-23H,7,10,15-17,19-20H2,1-3H3. The van der Waals surface area contributed by atoms with Crippen LogP contribution in [-0.4, -0.2) is 63.4 Å². The van der Waals surface area contributed by atoms with Crippen molar-refractivity contribution in [3.8, 4) is 5.69 Å². The summed E-state index contributed by atoms with van der Waals surface area (Å²) in [7, 11) is 0. The Bertz CT molecular complexity index is 1280. The van der Waals surface area contributed by atoms with Crippen LogP contribution in [0, 0.1) is 0 Å². The summed E-state index contributed by atoms with van der Waals surface area (Å²) in [4.78, 5) is 30.5. The predicted molar refractivity (Wildman–Crippen MR) is 148 cm³/mol. The molecule has 2 aromatic carbocycles. The number of aromatic nitrogens is 2. The largest absolute Gasteiger partial charge is 0.444 e. The molecule has 8 heteroatoms. The minimum Gasteiger partial charge on any atom is -0.444 e. The first-order valence-electron chi connectivity index (χ1n) is 13.4. The van der Waals surface area contributed by atoms with Crippen molar-refractivity contribution in [1.29, 1.82) is 0 Å². The summed E-state index contributed by atoms with van der Waals surface area (Å²) < 4.78 is 7.50. The van der Waals surface area contributed by atoms with E-state index in [1.807, 2.05) is 72.8 Å². The van der Waals surface area contributed by atoms with E-state index in [-0.39, 0.29) is 17.9 Å². The van der Waals surface area contributed by atoms with Gasteiger partial charge in [-0.1, -0.05) is 41.9 Å². The molecule has 2 atom stereocenters. The lowest BCUT2D eigenvalue weighted by Gasteiger charge is -2.34. The first-order chi connectivity index (χ1) is 18.2. The van der Waals surface area contributed by atoms with Crippen molar-refractivity contribution in [3.63, 3.8) is 0 Å². The number of likely N-dealkylation sites (tertiary alicyclic amines) is 2. The van der Waals surface area contributed by atoms with Gasteiger partial charge in [0.2, 0.25) is 0 Å². The second-order valence-electron chi connectivity index (χ2n) is 11.2. The number of rotatable bonds is 4. The lowest BCUT2D eigenvalue weighted by molar-refractivity contribution is 0.0196. The molecule has 2 aliphatic rings. The van der Waals surface area contributed by atoms with E-state index >= 15 is 0 Å². The van der Waals surface area contributed by atoms with Gasteiger partial charge in [0.15, 0.2) is 0 Å². The maximum absolute atomic E-state index is 13.9. The molecule has 3 heterocycles. The number of carbonyl (C=O) groups is 2. The molecule has 0 N–H and O–H groups in total. The minimum absolute atomic E-state index is 0.00645. The molecule has 7 nitrogen and oxygen atoms in total. The van der Waals surface area contributed by atoms with Crippen molar-refractivity contribution in [2.24, 2.45) is 0 Å². The third-order valence-corrected chi connectivity index (χ3v) is 7.57. The van der Waals surface area contributed by atoms with E-state index in [9.17, 15) is 9.59 Å². The van der Waals surface area contributed by atoms with Gasteiger partial charge in [0, 0.05) is 43.0 Å². The molecular formula is C30H35ClN4O3. The van der Waals surface area contributed by atoms with Gasteiger partial charge in [-0.3, -0.25) is 4.79 Å². The number of piperidine rings is 1. The Balaban J connectivity index is 1.45. The summed E-state index contributed by atoms with van der Waals surface area (Å²) in [5.41, 5.74) is 2.97. The van der Waals surface area contributed by atoms with Gasteiger partial charge in [0.05, 0.1) is 23.1 Å². The van der Waals surface area contributed by atoms with E-state index in [2.05, 4.69) is 17.2 Å². The molecule has 0 aliphatic carbocycles. The van der Waals surface area contributed by atoms with Crippen molar-refractivity contribution >= 4 is 23.6 Å². The summed E-state index contributed by atoms with van der Waals surface area (Å²) in [5.74, 6) is 0.265. The zero-order valence-corrected chi connectivity index (χ0v) is 23.0. The second kappa shape index (κ2) is 10.8. The van der Waals surface area contributed by atoms with E-state index < -0.39 is 5.60 Å². The number of nitrogens with zero attached hydrogens (tertiary/aromatic N) is 4. The molecule has 5 rings (SSSR count). The molecule has 0 radical (unpaired) electrons. The smallest absolute Gasteiger partial charge is 0.410 e. The summed E-state index contributed by atoms with van der Waals surface area (Å²) in [6.45, 7) is 8.12. The maximum atomic E-state index is 13.9. The zero-order valence-electron chi connectivity index (χ0n) is 22.3. The molecule has 0 saturated carbocycles. The number of halogens is 1. The molecule has 200 valence electrons. The monoisotopic (exact) mass is 534 g/mol. The minimum atomic E-state index is -0.568. The third kappa shape index (κ3) is 5.73. The van der Waals surface area contributed by atoms with Crippen LogP contribution >= 0.6 is 11.6 Å². The Kier molecular flexibility index (Phi) is 7.48. The molecule has 3 aromatic rings. The first kappa shape index (κ1) is 26.3. The van der Waals surface area contributed by atoms with Gasteiger partial charge in [-0.2, -0.15) is 5.10 Å². The first-order valence-corrected chi connectivity index (χ1v) is 13.7. The quantitative estimate of drug-likeness (QED) is 0.395. The van der Waals surface area contributed by atoms with E-state index in [0.717, 1.165) is 30.6 Å². The fourth-order valence-electron chi connectivity index (χ4n) is 5.51. The molecule has 2 saturated heterocycles. The fraction of sp³-hybridized carbons (Fsp3) is 0.433. The molecule has 0 spiro atoms. The number of carbonyl (C=O) groups excluding carboxylic acids is 2. The Morgan fingerprint density at radius 1 is 0.921 bits per heavy atom. The van der Waals surface area contributed by atoms with Crippen LogP contribution < -0.4 is 0 Å². The average molecular weight is 535 g/mol. The molecule has 2 amide bonds. The van der Waals surface area contributed by atoms with Crippen LogP contribution in [0.2, 0.25) is 5.02 Å². The summed E-state index contributed by atoms with van der Waals surface area (Å²) in [6, 6.07) is 17.8. The van der Waals surface area contributed by atoms with Crippen LogP contribution in [0.5, 0.6) is 0 Å². The summed E-state index contributed by atoms with van der Waals surface area (Å²) in [6.07, 6.45) is 3.98. The van der Waals surface area contributed by atoms with Crippen molar-refractivity contribution in [2.75, 3.05) is 26.2 Å². The second-order valence-corrected chi connectivity index (χ2v) is 11.7. The SMILES string of the molecule is CC(C)(C)OC(=O)N1CCCC(c2c(C(=O)N3CCC(c4ccccc4)C3)cnn2-c2ccc(Cl)cc2)C1. The van der Waals surface area contributed by atoms with Crippen LogP contribution in [0.4, 0.5) is 4.79 Å². The Morgan fingerprint density at radius 3 is 2.34 bits per heavy atom. The van der Waals surface area contributed by atoms with E-state index in [0.29, 0.717) is 42.7 Å². The summed E-state index contributed by atoms with van der Waals surface area (Å²) >= 11 is 6.15. The van der Waals surface area contributed by atoms with Gasteiger partial charge in [-0.05, 0) is 69.9 Å². The Labute approximate surface area is 229 Å². The summed E-state index contributed by atoms with van der Waals surface area (Å²) in [5, 5.41) is 5.32. The number of amides is 2. The Morgan fingerprint density at radius 2 is 1.63 bits per heavy atom. The normalized spacial score (nSPS) is 20.0. The molecule has 0 bridgehead atoms. The van der Waals surface area contributed by atoms with Gasteiger partial charge >= 0.3 is 6.09 Å². The number of hydrogen-bond acceptors (Lipinski definition) is 4. The molecular weight excluding hydrogens is 500 g/mol. The number of hydrogen-bond donors (Lipinski definition) is 0. The molecule has 2 fully saturated rings. The maximum Gasteiger partial charge on any atom is 0.410 e. The molecule has 2 aliphatic heterocycles. The highest BCUT2D eigenvalue weighted by Crippen LogP contribution is 2.34. The highest BCUT2D eigenvalue weighted by Gasteiger charge is 2.36. The highest BCUT2D eigenvalue weighted by molar-refractivity contribution is 6.30. The van der Waals surface area contributed by atoms with E-state index in [4.69, 9.17) is 16.3 Å². The topological polar surface area (TPSA) is 67.7 Å². The molecule has 38 heavy (non-hydrogen) atoms. The third-order valence-electron chi connectivity index (χ3n) is 7.31. The lowest BCUT2D eigenvalue weighted by Crippen LogP contribution is -2.43. The van der Waals surface area contributed by atoms with Crippen molar-refractivity contribution < 1.29 is 14.3 Å².